The number of carbonyl (C=O) groups is 1. The molecule has 0 aromatic rings. The number of thioether (sulfide) groups is 1. The molecule has 9 atom stereocenters. The van der Waals surface area contributed by atoms with Crippen molar-refractivity contribution >= 4 is 32.8 Å². The largest absolute Gasteiger partial charge is 0.286 e. The van der Waals surface area contributed by atoms with E-state index in [0.717, 1.165) is 41.9 Å². The molecule has 0 aromatic heterocycles. The predicted molar refractivity (Wildman–Crippen MR) is 157 cm³/mol. The van der Waals surface area contributed by atoms with Crippen molar-refractivity contribution in [1.29, 1.82) is 0 Å². The van der Waals surface area contributed by atoms with Crippen LogP contribution < -0.4 is 0 Å². The molecule has 0 amide bonds. The molecule has 0 unspecified atom stereocenters. The number of halogens is 1. The summed E-state index contributed by atoms with van der Waals surface area (Å²) in [6.45, 7) is 16.9. The van der Waals surface area contributed by atoms with Crippen molar-refractivity contribution in [3.63, 3.8) is 0 Å². The molecule has 0 saturated heterocycles. The third kappa shape index (κ3) is 5.53. The van der Waals surface area contributed by atoms with Gasteiger partial charge in [0.25, 0.3) is 0 Å². The third-order valence-electron chi connectivity index (χ3n) is 11.4. The Hall–Kier alpha value is 0.240. The first kappa shape index (κ1) is 28.3. The van der Waals surface area contributed by atoms with E-state index in [1.54, 1.807) is 17.3 Å². The molecular weight excluding hydrogens is 512 g/mol. The lowest BCUT2D eigenvalue weighted by molar-refractivity contribution is -0.111. The summed E-state index contributed by atoms with van der Waals surface area (Å²) in [5, 5.41) is 0.824. The van der Waals surface area contributed by atoms with Crippen LogP contribution in [0.4, 0.5) is 0 Å². The molecule has 0 aromatic carbocycles. The lowest BCUT2D eigenvalue weighted by Crippen LogP contribution is -2.50. The zero-order valence-electron chi connectivity index (χ0n) is 23.7. The second-order valence-electron chi connectivity index (χ2n) is 14.2. The molecule has 3 fully saturated rings. The van der Waals surface area contributed by atoms with Gasteiger partial charge in [0.2, 0.25) is 5.12 Å². The minimum atomic E-state index is -0.00961. The van der Waals surface area contributed by atoms with Crippen LogP contribution in [0.3, 0.4) is 0 Å². The van der Waals surface area contributed by atoms with Crippen LogP contribution in [0.5, 0.6) is 0 Å². The maximum Gasteiger partial charge on any atom is 0.203 e. The average molecular weight is 566 g/mol. The molecule has 0 radical (unpaired) electrons. The molecule has 3 heteroatoms. The predicted octanol–water partition coefficient (Wildman–Crippen LogP) is 10.1. The molecule has 3 saturated carbocycles. The van der Waals surface area contributed by atoms with Crippen LogP contribution in [0, 0.1) is 52.3 Å². The fraction of sp³-hybridized carbons (Fsp3) is 0.906. The average Bonchev–Trinajstić information content (AvgIpc) is 3.15. The summed E-state index contributed by atoms with van der Waals surface area (Å²) in [4.78, 5) is 12.8. The van der Waals surface area contributed by atoms with Crippen molar-refractivity contribution in [2.24, 2.45) is 52.3 Å². The maximum absolute atomic E-state index is 12.8. The Morgan fingerprint density at radius 1 is 1.03 bits per heavy atom. The number of alkyl halides is 1. The van der Waals surface area contributed by atoms with Crippen LogP contribution in [0.1, 0.15) is 119 Å². The molecule has 1 nitrogen and oxygen atoms in total. The Morgan fingerprint density at radius 2 is 1.77 bits per heavy atom. The van der Waals surface area contributed by atoms with E-state index in [9.17, 15) is 4.79 Å². The van der Waals surface area contributed by atoms with Gasteiger partial charge in [-0.1, -0.05) is 107 Å². The van der Waals surface area contributed by atoms with E-state index >= 15 is 0 Å². The summed E-state index contributed by atoms with van der Waals surface area (Å²) in [7, 11) is 0. The second kappa shape index (κ2) is 11.2. The number of rotatable bonds is 8. The van der Waals surface area contributed by atoms with Gasteiger partial charge in [-0.2, -0.15) is 0 Å². The van der Waals surface area contributed by atoms with E-state index in [4.69, 9.17) is 0 Å². The van der Waals surface area contributed by atoms with Gasteiger partial charge in [-0.15, -0.1) is 0 Å². The van der Waals surface area contributed by atoms with E-state index < -0.39 is 0 Å². The third-order valence-corrected chi connectivity index (χ3v) is 14.4. The van der Waals surface area contributed by atoms with E-state index in [-0.39, 0.29) is 4.83 Å². The van der Waals surface area contributed by atoms with Gasteiger partial charge in [0.15, 0.2) is 0 Å². The van der Waals surface area contributed by atoms with Gasteiger partial charge in [0.1, 0.15) is 0 Å². The quantitative estimate of drug-likeness (QED) is 0.215. The molecule has 4 aliphatic carbocycles. The first-order valence-corrected chi connectivity index (χ1v) is 16.8. The molecule has 0 bridgehead atoms. The van der Waals surface area contributed by atoms with Crippen molar-refractivity contribution in [3.8, 4) is 0 Å². The number of fused-ring (bicyclic) bond motifs is 5. The van der Waals surface area contributed by atoms with Crippen LogP contribution >= 0.6 is 27.7 Å². The van der Waals surface area contributed by atoms with E-state index in [1.165, 1.54) is 64.2 Å². The minimum Gasteiger partial charge on any atom is -0.286 e. The van der Waals surface area contributed by atoms with Crippen LogP contribution in [0.2, 0.25) is 0 Å². The van der Waals surface area contributed by atoms with Crippen molar-refractivity contribution in [3.05, 3.63) is 11.6 Å². The second-order valence-corrected chi connectivity index (χ2v) is 16.5. The van der Waals surface area contributed by atoms with Crippen molar-refractivity contribution in [1.82, 2.24) is 0 Å². The zero-order chi connectivity index (χ0) is 25.5. The summed E-state index contributed by atoms with van der Waals surface area (Å²) >= 11 is 5.28. The smallest absolute Gasteiger partial charge is 0.203 e. The SMILES string of the molecule is CC(C)CCC[C@H](C)[C@H]1CC[C@H]2[C@H]3CC=C4C[C@@H](SC(=O)[C@H](Br)C(C)C)CC[C@]4(C)[C@@H]3CC[C@]12C. The molecule has 4 aliphatic rings. The maximum atomic E-state index is 12.8. The lowest BCUT2D eigenvalue weighted by Gasteiger charge is -2.58. The van der Waals surface area contributed by atoms with Crippen molar-refractivity contribution < 1.29 is 4.79 Å². The van der Waals surface area contributed by atoms with Crippen LogP contribution in [-0.2, 0) is 4.79 Å². The first-order chi connectivity index (χ1) is 16.5. The lowest BCUT2D eigenvalue weighted by atomic mass is 9.47. The summed E-state index contributed by atoms with van der Waals surface area (Å²) in [6, 6.07) is 0. The molecule has 35 heavy (non-hydrogen) atoms. The van der Waals surface area contributed by atoms with Gasteiger partial charge >= 0.3 is 0 Å². The fourth-order valence-corrected chi connectivity index (χ4v) is 10.8. The zero-order valence-corrected chi connectivity index (χ0v) is 26.1. The van der Waals surface area contributed by atoms with Gasteiger partial charge in [-0.25, -0.2) is 0 Å². The van der Waals surface area contributed by atoms with Crippen LogP contribution in [-0.4, -0.2) is 15.2 Å². The Kier molecular flexibility index (Phi) is 9.00. The van der Waals surface area contributed by atoms with Gasteiger partial charge in [-0.3, -0.25) is 4.79 Å². The van der Waals surface area contributed by atoms with E-state index in [1.807, 2.05) is 0 Å². The standard InChI is InChI=1S/C32H53BrOS/c1-20(2)9-8-10-22(5)26-13-14-27-25-12-11-23-19-24(35-30(34)29(33)21(3)4)15-17-31(23,6)28(25)16-18-32(26,27)7/h11,20-22,24-29H,8-10,12-19H2,1-7H3/t22-,24-,25+,26+,27-,28+,29+,31-,32+/m0/s1. The molecule has 0 N–H and O–H groups in total. The Balaban J connectivity index is 1.43. The van der Waals surface area contributed by atoms with Gasteiger partial charge < -0.3 is 0 Å². The van der Waals surface area contributed by atoms with Gasteiger partial charge in [-0.05, 0) is 104 Å². The summed E-state index contributed by atoms with van der Waals surface area (Å²) in [5.74, 6) is 5.74. The number of hydrogen-bond donors (Lipinski definition) is 0. The number of hydrogen-bond acceptors (Lipinski definition) is 2. The Labute approximate surface area is 229 Å². The monoisotopic (exact) mass is 564 g/mol. The highest BCUT2D eigenvalue weighted by molar-refractivity contribution is 9.10. The Morgan fingerprint density at radius 3 is 2.46 bits per heavy atom. The molecule has 0 heterocycles. The highest BCUT2D eigenvalue weighted by atomic mass is 79.9. The summed E-state index contributed by atoms with van der Waals surface area (Å²) in [5.41, 5.74) is 2.67. The number of allylic oxidation sites excluding steroid dienone is 2. The molecule has 0 aliphatic heterocycles. The highest BCUT2D eigenvalue weighted by Crippen LogP contribution is 2.67. The summed E-state index contributed by atoms with van der Waals surface area (Å²) < 4.78 is 0. The van der Waals surface area contributed by atoms with Gasteiger partial charge in [0, 0.05) is 5.25 Å². The normalized spacial score (nSPS) is 40.6. The van der Waals surface area contributed by atoms with Crippen LogP contribution in [0.15, 0.2) is 11.6 Å². The highest BCUT2D eigenvalue weighted by Gasteiger charge is 2.59. The van der Waals surface area contributed by atoms with Crippen molar-refractivity contribution in [2.75, 3.05) is 0 Å². The molecule has 0 spiro atoms. The first-order valence-electron chi connectivity index (χ1n) is 15.0. The Bertz CT molecular complexity index is 788. The summed E-state index contributed by atoms with van der Waals surface area (Å²) in [6.07, 6.45) is 17.7. The minimum absolute atomic E-state index is 0.00961. The van der Waals surface area contributed by atoms with Crippen LogP contribution in [0.25, 0.3) is 0 Å². The van der Waals surface area contributed by atoms with Crippen molar-refractivity contribution in [2.45, 2.75) is 129 Å². The number of carbonyl (C=O) groups excluding carboxylic acids is 1. The van der Waals surface area contributed by atoms with Gasteiger partial charge in [0.05, 0.1) is 4.83 Å². The van der Waals surface area contributed by atoms with E-state index in [0.29, 0.717) is 27.1 Å². The molecule has 200 valence electrons. The molecule has 4 rings (SSSR count). The molecular formula is C32H53BrOS. The topological polar surface area (TPSA) is 17.1 Å². The van der Waals surface area contributed by atoms with E-state index in [2.05, 4.69) is 70.5 Å². The fourth-order valence-electron chi connectivity index (χ4n) is 9.25.